The van der Waals surface area contributed by atoms with Gasteiger partial charge < -0.3 is 14.2 Å². The molecule has 3 aromatic carbocycles. The number of ether oxygens (including phenoxy) is 3. The predicted molar refractivity (Wildman–Crippen MR) is 137 cm³/mol. The highest BCUT2D eigenvalue weighted by Gasteiger charge is 2.20. The topological polar surface area (TPSA) is 86.2 Å². The number of esters is 1. The highest BCUT2D eigenvalue weighted by atomic mass is 35.5. The SMILES string of the molecule is CCOc1ccccc1C(=O)N/N=C\c1ccc(OC(=O)c2sc3ccccc3c2Cl)c(OC)c1. The van der Waals surface area contributed by atoms with E-state index >= 15 is 0 Å². The molecule has 35 heavy (non-hydrogen) atoms. The van der Waals surface area contributed by atoms with Crippen LogP contribution in [0.25, 0.3) is 10.1 Å². The van der Waals surface area contributed by atoms with Crippen LogP contribution in [0.3, 0.4) is 0 Å². The molecule has 1 heterocycles. The molecule has 0 bridgehead atoms. The van der Waals surface area contributed by atoms with Crippen molar-refractivity contribution in [2.45, 2.75) is 6.92 Å². The molecule has 4 aromatic rings. The zero-order valence-electron chi connectivity index (χ0n) is 18.9. The first-order chi connectivity index (χ1) is 17.0. The number of thiophene rings is 1. The molecular weight excluding hydrogens is 488 g/mol. The van der Waals surface area contributed by atoms with Gasteiger partial charge in [-0.25, -0.2) is 10.2 Å². The van der Waals surface area contributed by atoms with Crippen molar-refractivity contribution in [2.75, 3.05) is 13.7 Å². The van der Waals surface area contributed by atoms with Crippen LogP contribution in [-0.2, 0) is 0 Å². The van der Waals surface area contributed by atoms with Crippen molar-refractivity contribution < 1.29 is 23.8 Å². The predicted octanol–water partition coefficient (Wildman–Crippen LogP) is 5.95. The Bertz CT molecular complexity index is 1420. The van der Waals surface area contributed by atoms with E-state index < -0.39 is 11.9 Å². The minimum absolute atomic E-state index is 0.234. The van der Waals surface area contributed by atoms with Crippen molar-refractivity contribution in [3.8, 4) is 17.2 Å². The maximum absolute atomic E-state index is 12.8. The number of nitrogens with one attached hydrogen (secondary N) is 1. The molecule has 0 saturated carbocycles. The summed E-state index contributed by atoms with van der Waals surface area (Å²) in [5, 5.41) is 5.17. The van der Waals surface area contributed by atoms with E-state index in [0.717, 1.165) is 10.1 Å². The number of para-hydroxylation sites is 1. The summed E-state index contributed by atoms with van der Waals surface area (Å²) < 4.78 is 17.3. The number of methoxy groups -OCH3 is 1. The summed E-state index contributed by atoms with van der Waals surface area (Å²) >= 11 is 7.66. The molecule has 0 aliphatic heterocycles. The lowest BCUT2D eigenvalue weighted by Gasteiger charge is -2.10. The van der Waals surface area contributed by atoms with Gasteiger partial charge in [0.1, 0.15) is 10.6 Å². The number of halogens is 1. The molecule has 0 unspecified atom stereocenters. The summed E-state index contributed by atoms with van der Waals surface area (Å²) in [6.45, 7) is 2.29. The Kier molecular flexibility index (Phi) is 7.64. The molecule has 178 valence electrons. The number of hydrogen-bond donors (Lipinski definition) is 1. The van der Waals surface area contributed by atoms with Crippen molar-refractivity contribution in [1.29, 1.82) is 0 Å². The van der Waals surface area contributed by atoms with Gasteiger partial charge in [0, 0.05) is 10.1 Å². The van der Waals surface area contributed by atoms with Crippen LogP contribution in [0.2, 0.25) is 5.02 Å². The van der Waals surface area contributed by atoms with Gasteiger partial charge in [-0.1, -0.05) is 41.9 Å². The number of amides is 1. The number of benzene rings is 3. The van der Waals surface area contributed by atoms with Gasteiger partial charge in [-0.05, 0) is 48.9 Å². The minimum Gasteiger partial charge on any atom is -0.493 e. The summed E-state index contributed by atoms with van der Waals surface area (Å²) in [5.41, 5.74) is 3.49. The Balaban J connectivity index is 1.46. The van der Waals surface area contributed by atoms with E-state index in [1.165, 1.54) is 24.7 Å². The van der Waals surface area contributed by atoms with Crippen molar-refractivity contribution >= 4 is 51.1 Å². The standard InChI is InChI=1S/C26H21ClN2O5S/c1-3-33-19-10-6-4-8-17(19)25(30)29-28-15-16-12-13-20(21(14-16)32-2)34-26(31)24-23(27)18-9-5-7-11-22(18)35-24/h4-15H,3H2,1-2H3,(H,29,30)/b28-15-. The van der Waals surface area contributed by atoms with E-state index in [1.54, 1.807) is 42.5 Å². The van der Waals surface area contributed by atoms with E-state index in [-0.39, 0.29) is 5.75 Å². The lowest BCUT2D eigenvalue weighted by Crippen LogP contribution is -2.18. The number of nitrogens with zero attached hydrogens (tertiary/aromatic N) is 1. The average Bonchev–Trinajstić information content (AvgIpc) is 3.22. The van der Waals surface area contributed by atoms with Gasteiger partial charge in [0.05, 0.1) is 30.5 Å². The zero-order chi connectivity index (χ0) is 24.8. The Labute approximate surface area is 210 Å². The molecule has 0 atom stereocenters. The second kappa shape index (κ2) is 11.0. The minimum atomic E-state index is -0.573. The van der Waals surface area contributed by atoms with Gasteiger partial charge in [-0.15, -0.1) is 11.3 Å². The Morgan fingerprint density at radius 1 is 1.03 bits per heavy atom. The summed E-state index contributed by atoms with van der Waals surface area (Å²) in [5.74, 6) is 0.0684. The average molecular weight is 509 g/mol. The fraction of sp³-hybridized carbons (Fsp3) is 0.115. The second-order valence-electron chi connectivity index (χ2n) is 7.17. The normalized spacial score (nSPS) is 10.9. The first kappa shape index (κ1) is 24.3. The highest BCUT2D eigenvalue weighted by molar-refractivity contribution is 7.21. The number of hydrogen-bond acceptors (Lipinski definition) is 7. The molecule has 1 amide bonds. The molecule has 4 rings (SSSR count). The van der Waals surface area contributed by atoms with Gasteiger partial charge in [0.2, 0.25) is 0 Å². The van der Waals surface area contributed by atoms with Gasteiger partial charge >= 0.3 is 5.97 Å². The number of hydrazone groups is 1. The largest absolute Gasteiger partial charge is 0.493 e. The Morgan fingerprint density at radius 3 is 2.57 bits per heavy atom. The van der Waals surface area contributed by atoms with Crippen LogP contribution in [0.4, 0.5) is 0 Å². The third-order valence-corrected chi connectivity index (χ3v) is 6.58. The fourth-order valence-electron chi connectivity index (χ4n) is 3.30. The van der Waals surface area contributed by atoms with E-state index in [4.69, 9.17) is 25.8 Å². The first-order valence-electron chi connectivity index (χ1n) is 10.6. The van der Waals surface area contributed by atoms with Gasteiger partial charge in [0.25, 0.3) is 5.91 Å². The summed E-state index contributed by atoms with van der Waals surface area (Å²) in [6.07, 6.45) is 1.46. The van der Waals surface area contributed by atoms with Gasteiger partial charge in [-0.2, -0.15) is 5.10 Å². The molecule has 0 fully saturated rings. The van der Waals surface area contributed by atoms with Crippen LogP contribution in [0.1, 0.15) is 32.5 Å². The number of fused-ring (bicyclic) bond motifs is 1. The van der Waals surface area contributed by atoms with Crippen molar-refractivity contribution in [2.24, 2.45) is 5.10 Å². The number of rotatable bonds is 8. The molecule has 0 radical (unpaired) electrons. The zero-order valence-corrected chi connectivity index (χ0v) is 20.5. The van der Waals surface area contributed by atoms with Crippen LogP contribution in [0, 0.1) is 0 Å². The van der Waals surface area contributed by atoms with E-state index in [9.17, 15) is 9.59 Å². The third-order valence-electron chi connectivity index (χ3n) is 4.92. The van der Waals surface area contributed by atoms with E-state index in [1.807, 2.05) is 31.2 Å². The van der Waals surface area contributed by atoms with E-state index in [0.29, 0.717) is 39.1 Å². The van der Waals surface area contributed by atoms with Crippen LogP contribution in [0.15, 0.2) is 71.8 Å². The molecular formula is C26H21ClN2O5S. The maximum Gasteiger partial charge on any atom is 0.355 e. The van der Waals surface area contributed by atoms with Crippen LogP contribution in [0.5, 0.6) is 17.2 Å². The van der Waals surface area contributed by atoms with E-state index in [2.05, 4.69) is 10.5 Å². The van der Waals surface area contributed by atoms with Crippen LogP contribution >= 0.6 is 22.9 Å². The molecule has 1 aromatic heterocycles. The van der Waals surface area contributed by atoms with Gasteiger partial charge in [-0.3, -0.25) is 4.79 Å². The molecule has 1 N–H and O–H groups in total. The molecule has 0 aliphatic rings. The summed E-state index contributed by atoms with van der Waals surface area (Å²) in [7, 11) is 1.46. The lowest BCUT2D eigenvalue weighted by molar-refractivity contribution is 0.0734. The molecule has 0 saturated heterocycles. The quantitative estimate of drug-likeness (QED) is 0.138. The number of carbonyl (C=O) groups is 2. The molecule has 0 aliphatic carbocycles. The molecule has 9 heteroatoms. The fourth-order valence-corrected chi connectivity index (χ4v) is 4.69. The van der Waals surface area contributed by atoms with Crippen LogP contribution < -0.4 is 19.6 Å². The maximum atomic E-state index is 12.8. The Hall–Kier alpha value is -3.88. The van der Waals surface area contributed by atoms with Crippen molar-refractivity contribution in [3.63, 3.8) is 0 Å². The highest BCUT2D eigenvalue weighted by Crippen LogP contribution is 2.37. The summed E-state index contributed by atoms with van der Waals surface area (Å²) in [6, 6.07) is 19.3. The monoisotopic (exact) mass is 508 g/mol. The lowest BCUT2D eigenvalue weighted by atomic mass is 10.2. The number of carbonyl (C=O) groups excluding carboxylic acids is 2. The van der Waals surface area contributed by atoms with Gasteiger partial charge in [0.15, 0.2) is 11.5 Å². The third kappa shape index (κ3) is 5.45. The molecule has 7 nitrogen and oxygen atoms in total. The smallest absolute Gasteiger partial charge is 0.355 e. The first-order valence-corrected chi connectivity index (χ1v) is 11.8. The molecule has 0 spiro atoms. The second-order valence-corrected chi connectivity index (χ2v) is 8.60. The van der Waals surface area contributed by atoms with Crippen molar-refractivity contribution in [3.05, 3.63) is 87.8 Å². The Morgan fingerprint density at radius 2 is 1.80 bits per heavy atom. The van der Waals surface area contributed by atoms with Crippen molar-refractivity contribution in [1.82, 2.24) is 5.43 Å². The summed E-state index contributed by atoms with van der Waals surface area (Å²) in [4.78, 5) is 25.6. The van der Waals surface area contributed by atoms with Crippen LogP contribution in [-0.4, -0.2) is 31.8 Å².